The molecule has 0 aromatic carbocycles. The lowest BCUT2D eigenvalue weighted by Crippen LogP contribution is -2.51. The van der Waals surface area contributed by atoms with E-state index in [0.29, 0.717) is 6.54 Å². The molecule has 3 N–H and O–H groups in total. The summed E-state index contributed by atoms with van der Waals surface area (Å²) in [5.74, 6) is -1.14. The summed E-state index contributed by atoms with van der Waals surface area (Å²) in [4.78, 5) is 25.1. The molecule has 0 aromatic rings. The smallest absolute Gasteiger partial charge is 0.326 e. The van der Waals surface area contributed by atoms with Crippen LogP contribution in [0.2, 0.25) is 0 Å². The summed E-state index contributed by atoms with van der Waals surface area (Å²) in [6.45, 7) is 8.33. The SMILES string of the molecule is CC(C)C(NC(=O)NCC(C)N1CCCCC1)C(=O)O. The molecule has 2 unspecified atom stereocenters. The van der Waals surface area contributed by atoms with Crippen molar-refractivity contribution < 1.29 is 14.7 Å². The molecule has 0 bridgehead atoms. The molecule has 1 aliphatic rings. The average molecular weight is 285 g/mol. The van der Waals surface area contributed by atoms with Crippen LogP contribution in [0.5, 0.6) is 0 Å². The number of nitrogens with zero attached hydrogens (tertiary/aromatic N) is 1. The van der Waals surface area contributed by atoms with E-state index in [1.807, 2.05) is 0 Å². The minimum absolute atomic E-state index is 0.141. The summed E-state index contributed by atoms with van der Waals surface area (Å²) >= 11 is 0. The van der Waals surface area contributed by atoms with Crippen molar-refractivity contribution in [3.63, 3.8) is 0 Å². The molecule has 2 amide bonds. The molecule has 6 nitrogen and oxygen atoms in total. The number of carbonyl (C=O) groups excluding carboxylic acids is 1. The Morgan fingerprint density at radius 1 is 1.15 bits per heavy atom. The van der Waals surface area contributed by atoms with E-state index in [0.717, 1.165) is 13.1 Å². The lowest BCUT2D eigenvalue weighted by molar-refractivity contribution is -0.140. The number of hydrogen-bond donors (Lipinski definition) is 3. The van der Waals surface area contributed by atoms with Crippen LogP contribution >= 0.6 is 0 Å². The number of piperidine rings is 1. The van der Waals surface area contributed by atoms with Gasteiger partial charge >= 0.3 is 12.0 Å². The van der Waals surface area contributed by atoms with Crippen molar-refractivity contribution in [2.24, 2.45) is 5.92 Å². The number of carbonyl (C=O) groups is 2. The predicted octanol–water partition coefficient (Wildman–Crippen LogP) is 1.27. The minimum Gasteiger partial charge on any atom is -0.480 e. The number of nitrogens with one attached hydrogen (secondary N) is 2. The van der Waals surface area contributed by atoms with Crippen molar-refractivity contribution in [2.75, 3.05) is 19.6 Å². The van der Waals surface area contributed by atoms with Crippen LogP contribution in [-0.2, 0) is 4.79 Å². The first-order valence-electron chi connectivity index (χ1n) is 7.43. The molecule has 20 heavy (non-hydrogen) atoms. The van der Waals surface area contributed by atoms with Crippen molar-refractivity contribution in [3.8, 4) is 0 Å². The van der Waals surface area contributed by atoms with Gasteiger partial charge in [-0.25, -0.2) is 9.59 Å². The lowest BCUT2D eigenvalue weighted by Gasteiger charge is -2.32. The Morgan fingerprint density at radius 2 is 1.75 bits per heavy atom. The van der Waals surface area contributed by atoms with Crippen LogP contribution in [-0.4, -0.2) is 53.7 Å². The second kappa shape index (κ2) is 8.09. The average Bonchev–Trinajstić information content (AvgIpc) is 2.42. The quantitative estimate of drug-likeness (QED) is 0.686. The Balaban J connectivity index is 2.32. The fourth-order valence-corrected chi connectivity index (χ4v) is 2.43. The summed E-state index contributed by atoms with van der Waals surface area (Å²) in [7, 11) is 0. The maximum absolute atomic E-state index is 11.7. The van der Waals surface area contributed by atoms with Gasteiger partial charge in [0.1, 0.15) is 6.04 Å². The Labute approximate surface area is 120 Å². The predicted molar refractivity (Wildman–Crippen MR) is 77.7 cm³/mol. The van der Waals surface area contributed by atoms with E-state index < -0.39 is 18.0 Å². The third kappa shape index (κ3) is 5.36. The molecule has 1 aliphatic heterocycles. The maximum Gasteiger partial charge on any atom is 0.326 e. The van der Waals surface area contributed by atoms with Gasteiger partial charge in [0, 0.05) is 12.6 Å². The van der Waals surface area contributed by atoms with Gasteiger partial charge in [0.15, 0.2) is 0 Å². The Kier molecular flexibility index (Phi) is 6.78. The number of likely N-dealkylation sites (tertiary alicyclic amines) is 1. The van der Waals surface area contributed by atoms with Crippen LogP contribution in [0, 0.1) is 5.92 Å². The minimum atomic E-state index is -1.00. The highest BCUT2D eigenvalue weighted by molar-refractivity contribution is 5.82. The Hall–Kier alpha value is -1.30. The third-order valence-electron chi connectivity index (χ3n) is 3.79. The van der Waals surface area contributed by atoms with Crippen LogP contribution < -0.4 is 10.6 Å². The Bertz CT molecular complexity index is 328. The van der Waals surface area contributed by atoms with E-state index in [1.165, 1.54) is 19.3 Å². The molecular formula is C14H27N3O3. The summed E-state index contributed by atoms with van der Waals surface area (Å²) in [5, 5.41) is 14.3. The number of carboxylic acids is 1. The van der Waals surface area contributed by atoms with Gasteiger partial charge in [-0.05, 0) is 38.8 Å². The highest BCUT2D eigenvalue weighted by Gasteiger charge is 2.24. The van der Waals surface area contributed by atoms with Crippen molar-refractivity contribution >= 4 is 12.0 Å². The zero-order chi connectivity index (χ0) is 15.1. The van der Waals surface area contributed by atoms with Crippen LogP contribution in [0.25, 0.3) is 0 Å². The van der Waals surface area contributed by atoms with Gasteiger partial charge in [-0.2, -0.15) is 0 Å². The van der Waals surface area contributed by atoms with E-state index >= 15 is 0 Å². The fraction of sp³-hybridized carbons (Fsp3) is 0.857. The third-order valence-corrected chi connectivity index (χ3v) is 3.79. The zero-order valence-electron chi connectivity index (χ0n) is 12.7. The summed E-state index contributed by atoms with van der Waals surface area (Å²) < 4.78 is 0. The molecule has 0 spiro atoms. The van der Waals surface area contributed by atoms with Gasteiger partial charge in [0.2, 0.25) is 0 Å². The van der Waals surface area contributed by atoms with Crippen molar-refractivity contribution in [2.45, 2.75) is 52.1 Å². The highest BCUT2D eigenvalue weighted by atomic mass is 16.4. The molecular weight excluding hydrogens is 258 g/mol. The summed E-state index contributed by atoms with van der Waals surface area (Å²) in [6, 6.07) is -0.973. The second-order valence-corrected chi connectivity index (χ2v) is 5.86. The first-order valence-corrected chi connectivity index (χ1v) is 7.43. The van der Waals surface area contributed by atoms with Crippen LogP contribution in [0.3, 0.4) is 0 Å². The molecule has 1 fully saturated rings. The number of urea groups is 1. The van der Waals surface area contributed by atoms with Crippen LogP contribution in [0.4, 0.5) is 4.79 Å². The number of hydrogen-bond acceptors (Lipinski definition) is 3. The van der Waals surface area contributed by atoms with Gasteiger partial charge in [0.05, 0.1) is 0 Å². The molecule has 1 heterocycles. The molecule has 6 heteroatoms. The molecule has 1 saturated heterocycles. The van der Waals surface area contributed by atoms with Crippen molar-refractivity contribution in [1.82, 2.24) is 15.5 Å². The lowest BCUT2D eigenvalue weighted by atomic mass is 10.1. The van der Waals surface area contributed by atoms with E-state index in [4.69, 9.17) is 5.11 Å². The van der Waals surface area contributed by atoms with E-state index in [9.17, 15) is 9.59 Å². The molecule has 116 valence electrons. The van der Waals surface area contributed by atoms with Gasteiger partial charge < -0.3 is 15.7 Å². The van der Waals surface area contributed by atoms with E-state index in [2.05, 4.69) is 22.5 Å². The van der Waals surface area contributed by atoms with Crippen LogP contribution in [0.1, 0.15) is 40.0 Å². The van der Waals surface area contributed by atoms with Gasteiger partial charge in [0.25, 0.3) is 0 Å². The summed E-state index contributed by atoms with van der Waals surface area (Å²) in [6.07, 6.45) is 3.71. The number of aliphatic carboxylic acids is 1. The molecule has 1 rings (SSSR count). The number of amides is 2. The topological polar surface area (TPSA) is 81.7 Å². The van der Waals surface area contributed by atoms with Crippen LogP contribution in [0.15, 0.2) is 0 Å². The highest BCUT2D eigenvalue weighted by Crippen LogP contribution is 2.11. The van der Waals surface area contributed by atoms with Gasteiger partial charge in [-0.3, -0.25) is 4.90 Å². The number of carboxylic acid groups (broad SMARTS) is 1. The molecule has 0 aliphatic carbocycles. The molecule has 2 atom stereocenters. The first-order chi connectivity index (χ1) is 9.41. The fourth-order valence-electron chi connectivity index (χ4n) is 2.43. The molecule has 0 aromatic heterocycles. The molecule has 0 radical (unpaired) electrons. The van der Waals surface area contributed by atoms with E-state index in [1.54, 1.807) is 13.8 Å². The summed E-state index contributed by atoms with van der Waals surface area (Å²) in [5.41, 5.74) is 0. The van der Waals surface area contributed by atoms with Gasteiger partial charge in [-0.15, -0.1) is 0 Å². The van der Waals surface area contributed by atoms with Gasteiger partial charge in [-0.1, -0.05) is 20.3 Å². The largest absolute Gasteiger partial charge is 0.480 e. The Morgan fingerprint density at radius 3 is 2.25 bits per heavy atom. The standard InChI is InChI=1S/C14H27N3O3/c1-10(2)12(13(18)19)16-14(20)15-9-11(3)17-7-5-4-6-8-17/h10-12H,4-9H2,1-3H3,(H,18,19)(H2,15,16,20). The van der Waals surface area contributed by atoms with Crippen molar-refractivity contribution in [1.29, 1.82) is 0 Å². The monoisotopic (exact) mass is 285 g/mol. The van der Waals surface area contributed by atoms with E-state index in [-0.39, 0.29) is 12.0 Å². The molecule has 0 saturated carbocycles. The second-order valence-electron chi connectivity index (χ2n) is 5.86. The number of rotatable bonds is 6. The van der Waals surface area contributed by atoms with Crippen molar-refractivity contribution in [3.05, 3.63) is 0 Å². The maximum atomic E-state index is 11.7. The normalized spacial score (nSPS) is 19.4. The first kappa shape index (κ1) is 16.8. The zero-order valence-corrected chi connectivity index (χ0v) is 12.7.